The van der Waals surface area contributed by atoms with Gasteiger partial charge in [-0.3, -0.25) is 9.59 Å². The van der Waals surface area contributed by atoms with Crippen LogP contribution in [0.15, 0.2) is 48.9 Å². The van der Waals surface area contributed by atoms with Gasteiger partial charge >= 0.3 is 0 Å². The number of H-pyrrole nitrogens is 1. The number of carbonyl (C=O) groups is 2. The van der Waals surface area contributed by atoms with Crippen LogP contribution in [0.25, 0.3) is 0 Å². The van der Waals surface area contributed by atoms with Crippen LogP contribution in [-0.4, -0.2) is 52.9 Å². The number of imidazole rings is 1. The van der Waals surface area contributed by atoms with Gasteiger partial charge in [-0.1, -0.05) is 30.9 Å². The summed E-state index contributed by atoms with van der Waals surface area (Å²) in [6, 6.07) is 11.8. The number of aromatic amines is 1. The fraction of sp³-hybridized carbons (Fsp3) is 0.423. The number of anilines is 2. The van der Waals surface area contributed by atoms with Crippen molar-refractivity contribution < 1.29 is 9.59 Å². The third-order valence-electron chi connectivity index (χ3n) is 6.98. The smallest absolute Gasteiger partial charge is 0.264 e. The molecule has 1 saturated carbocycles. The molecule has 3 heterocycles. The number of thiophene rings is 1. The Hall–Kier alpha value is -2.84. The van der Waals surface area contributed by atoms with E-state index in [4.69, 9.17) is 11.6 Å². The van der Waals surface area contributed by atoms with Crippen LogP contribution < -0.4 is 9.80 Å². The average Bonchev–Trinajstić information content (AvgIpc) is 3.59. The predicted octanol–water partition coefficient (Wildman–Crippen LogP) is 5.20. The van der Waals surface area contributed by atoms with E-state index < -0.39 is 0 Å². The van der Waals surface area contributed by atoms with Gasteiger partial charge in [0, 0.05) is 49.7 Å². The lowest BCUT2D eigenvalue weighted by atomic mass is 9.88. The highest BCUT2D eigenvalue weighted by molar-refractivity contribution is 7.17. The number of carbonyl (C=O) groups excluding carboxylic acids is 2. The van der Waals surface area contributed by atoms with Crippen molar-refractivity contribution in [1.82, 2.24) is 14.9 Å². The Morgan fingerprint density at radius 1 is 1.03 bits per heavy atom. The van der Waals surface area contributed by atoms with E-state index in [9.17, 15) is 9.59 Å². The number of hydrogen-bond acceptors (Lipinski definition) is 5. The molecule has 35 heavy (non-hydrogen) atoms. The van der Waals surface area contributed by atoms with Gasteiger partial charge in [0.1, 0.15) is 0 Å². The van der Waals surface area contributed by atoms with E-state index in [1.807, 2.05) is 21.9 Å². The zero-order chi connectivity index (χ0) is 24.2. The Balaban J connectivity index is 1.25. The Morgan fingerprint density at radius 2 is 1.77 bits per heavy atom. The first-order valence-electron chi connectivity index (χ1n) is 12.3. The SMILES string of the molecule is O=C(c1ccc(Cl)s1)N1CCN(c2ccc(N(Cc3cnc[nH]3)C(=O)C3CCCCC3)cc2)CC1. The molecule has 2 amide bonds. The summed E-state index contributed by atoms with van der Waals surface area (Å²) in [6.07, 6.45) is 8.84. The Kier molecular flexibility index (Phi) is 7.39. The molecule has 0 bridgehead atoms. The molecule has 3 aromatic rings. The van der Waals surface area contributed by atoms with Gasteiger partial charge < -0.3 is 19.7 Å². The van der Waals surface area contributed by atoms with Crippen LogP contribution in [0.1, 0.15) is 47.5 Å². The molecule has 2 aromatic heterocycles. The minimum Gasteiger partial charge on any atom is -0.368 e. The third kappa shape index (κ3) is 5.54. The maximum absolute atomic E-state index is 13.5. The van der Waals surface area contributed by atoms with Gasteiger partial charge in [-0.25, -0.2) is 4.98 Å². The number of halogens is 1. The van der Waals surface area contributed by atoms with Crippen LogP contribution in [0.5, 0.6) is 0 Å². The standard InChI is InChI=1S/C26H30ClN5O2S/c27-24-11-10-23(35-24)26(34)31-14-12-30(13-15-31)21-6-8-22(9-7-21)32(17-20-16-28-18-29-20)25(33)19-4-2-1-3-5-19/h6-11,16,18-19H,1-5,12-15,17H2,(H,28,29). The van der Waals surface area contributed by atoms with Gasteiger partial charge in [0.25, 0.3) is 5.91 Å². The van der Waals surface area contributed by atoms with E-state index in [1.54, 1.807) is 24.7 Å². The summed E-state index contributed by atoms with van der Waals surface area (Å²) in [4.78, 5) is 40.2. The number of aromatic nitrogens is 2. The normalized spacial score (nSPS) is 16.9. The molecular weight excluding hydrogens is 482 g/mol. The molecule has 5 rings (SSSR count). The molecule has 2 fully saturated rings. The molecule has 7 nitrogen and oxygen atoms in total. The summed E-state index contributed by atoms with van der Waals surface area (Å²) >= 11 is 7.32. The zero-order valence-corrected chi connectivity index (χ0v) is 21.2. The molecule has 9 heteroatoms. The van der Waals surface area contributed by atoms with Crippen LogP contribution in [0.4, 0.5) is 11.4 Å². The van der Waals surface area contributed by atoms with Crippen molar-refractivity contribution in [3.05, 3.63) is 63.8 Å². The molecule has 1 N–H and O–H groups in total. The van der Waals surface area contributed by atoms with E-state index in [-0.39, 0.29) is 17.7 Å². The molecule has 1 aliphatic carbocycles. The van der Waals surface area contributed by atoms with Gasteiger partial charge in [-0.15, -0.1) is 11.3 Å². The lowest BCUT2D eigenvalue weighted by molar-refractivity contribution is -0.123. The van der Waals surface area contributed by atoms with Crippen LogP contribution in [0.3, 0.4) is 0 Å². The van der Waals surface area contributed by atoms with E-state index in [1.165, 1.54) is 17.8 Å². The highest BCUT2D eigenvalue weighted by Gasteiger charge is 2.28. The van der Waals surface area contributed by atoms with Gasteiger partial charge in [-0.05, 0) is 49.2 Å². The number of piperazine rings is 1. The highest BCUT2D eigenvalue weighted by Crippen LogP contribution is 2.30. The number of nitrogens with one attached hydrogen (secondary N) is 1. The van der Waals surface area contributed by atoms with Crippen molar-refractivity contribution in [2.75, 3.05) is 36.0 Å². The summed E-state index contributed by atoms with van der Waals surface area (Å²) in [7, 11) is 0. The summed E-state index contributed by atoms with van der Waals surface area (Å²) in [5.74, 6) is 0.343. The summed E-state index contributed by atoms with van der Waals surface area (Å²) < 4.78 is 0.635. The maximum Gasteiger partial charge on any atom is 0.264 e. The second-order valence-electron chi connectivity index (χ2n) is 9.24. The zero-order valence-electron chi connectivity index (χ0n) is 19.7. The molecular formula is C26H30ClN5O2S. The van der Waals surface area contributed by atoms with Crippen molar-refractivity contribution in [2.45, 2.75) is 38.6 Å². The fourth-order valence-electron chi connectivity index (χ4n) is 5.00. The predicted molar refractivity (Wildman–Crippen MR) is 140 cm³/mol. The van der Waals surface area contributed by atoms with Crippen LogP contribution in [0.2, 0.25) is 4.34 Å². The third-order valence-corrected chi connectivity index (χ3v) is 8.20. The second kappa shape index (κ2) is 10.8. The van der Waals surface area contributed by atoms with Crippen LogP contribution >= 0.6 is 22.9 Å². The van der Waals surface area contributed by atoms with Crippen molar-refractivity contribution in [3.63, 3.8) is 0 Å². The Morgan fingerprint density at radius 3 is 2.40 bits per heavy atom. The van der Waals surface area contributed by atoms with Crippen molar-refractivity contribution in [3.8, 4) is 0 Å². The number of hydrogen-bond donors (Lipinski definition) is 1. The first kappa shape index (κ1) is 23.9. The largest absolute Gasteiger partial charge is 0.368 e. The first-order valence-corrected chi connectivity index (χ1v) is 13.5. The summed E-state index contributed by atoms with van der Waals surface area (Å²) in [5, 5.41) is 0. The number of benzene rings is 1. The monoisotopic (exact) mass is 511 g/mol. The number of amides is 2. The fourth-order valence-corrected chi connectivity index (χ4v) is 6.02. The van der Waals surface area contributed by atoms with Crippen molar-refractivity contribution >= 4 is 46.1 Å². The quantitative estimate of drug-likeness (QED) is 0.493. The van der Waals surface area contributed by atoms with Gasteiger partial charge in [-0.2, -0.15) is 0 Å². The molecule has 0 spiro atoms. The lowest BCUT2D eigenvalue weighted by Gasteiger charge is -2.36. The highest BCUT2D eigenvalue weighted by atomic mass is 35.5. The Labute approximate surface area is 214 Å². The van der Waals surface area contributed by atoms with Gasteiger partial charge in [0.2, 0.25) is 5.91 Å². The molecule has 0 radical (unpaired) electrons. The first-order chi connectivity index (χ1) is 17.1. The number of nitrogens with zero attached hydrogens (tertiary/aromatic N) is 4. The van der Waals surface area contributed by atoms with Crippen molar-refractivity contribution in [1.29, 1.82) is 0 Å². The van der Waals surface area contributed by atoms with Crippen LogP contribution in [-0.2, 0) is 11.3 Å². The van der Waals surface area contributed by atoms with E-state index in [0.717, 1.165) is 55.8 Å². The van der Waals surface area contributed by atoms with Gasteiger partial charge in [0.15, 0.2) is 0 Å². The van der Waals surface area contributed by atoms with Gasteiger partial charge in [0.05, 0.1) is 27.8 Å². The minimum absolute atomic E-state index is 0.0487. The second-order valence-corrected chi connectivity index (χ2v) is 11.0. The van der Waals surface area contributed by atoms with Crippen LogP contribution in [0, 0.1) is 5.92 Å². The topological polar surface area (TPSA) is 72.5 Å². The molecule has 184 valence electrons. The van der Waals surface area contributed by atoms with E-state index >= 15 is 0 Å². The summed E-state index contributed by atoms with van der Waals surface area (Å²) in [5.41, 5.74) is 2.93. The average molecular weight is 512 g/mol. The molecule has 2 aliphatic rings. The molecule has 1 saturated heterocycles. The van der Waals surface area contributed by atoms with E-state index in [0.29, 0.717) is 28.8 Å². The molecule has 0 unspecified atom stereocenters. The molecule has 1 aliphatic heterocycles. The molecule has 0 atom stereocenters. The molecule has 1 aromatic carbocycles. The number of rotatable bonds is 6. The Bertz CT molecular complexity index is 1130. The van der Waals surface area contributed by atoms with E-state index in [2.05, 4.69) is 27.0 Å². The maximum atomic E-state index is 13.5. The lowest BCUT2D eigenvalue weighted by Crippen LogP contribution is -2.48. The van der Waals surface area contributed by atoms with Crippen molar-refractivity contribution in [2.24, 2.45) is 5.92 Å². The summed E-state index contributed by atoms with van der Waals surface area (Å²) in [6.45, 7) is 3.36. The minimum atomic E-state index is 0.0487.